The largest absolute Gasteiger partial charge is 0.444 e. The minimum Gasteiger partial charge on any atom is -0.444 e. The number of carbonyl (C=O) groups is 4. The predicted octanol–water partition coefficient (Wildman–Crippen LogP) is 4.39. The lowest BCUT2D eigenvalue weighted by molar-refractivity contribution is -0.380. The van der Waals surface area contributed by atoms with Crippen molar-refractivity contribution in [1.29, 1.82) is 0 Å². The number of nitrogens with one attached hydrogen (secondary N) is 4. The van der Waals surface area contributed by atoms with Gasteiger partial charge in [0.2, 0.25) is 5.91 Å². The normalized spacial score (nSPS) is 10.9. The third-order valence-electron chi connectivity index (χ3n) is 5.05. The van der Waals surface area contributed by atoms with E-state index in [9.17, 15) is 29.3 Å². The van der Waals surface area contributed by atoms with Crippen molar-refractivity contribution in [3.8, 4) is 0 Å². The Morgan fingerprint density at radius 1 is 1.00 bits per heavy atom. The van der Waals surface area contributed by atoms with Gasteiger partial charge >= 0.3 is 11.1 Å². The molecule has 1 aromatic carbocycles. The number of aryl methyl sites for hydroxylation is 1. The molecule has 39 heavy (non-hydrogen) atoms. The molecule has 0 atom stereocenters. The van der Waals surface area contributed by atoms with Gasteiger partial charge in [-0.15, -0.1) is 0 Å². The first kappa shape index (κ1) is 31.1. The second kappa shape index (κ2) is 14.2. The van der Waals surface area contributed by atoms with E-state index in [4.69, 9.17) is 4.74 Å². The van der Waals surface area contributed by atoms with E-state index in [2.05, 4.69) is 26.3 Å². The summed E-state index contributed by atoms with van der Waals surface area (Å²) in [6, 6.07) is 4.24. The first-order valence-electron chi connectivity index (χ1n) is 12.4. The van der Waals surface area contributed by atoms with E-state index >= 15 is 0 Å². The maximum atomic E-state index is 12.8. The van der Waals surface area contributed by atoms with E-state index in [1.165, 1.54) is 32.0 Å². The van der Waals surface area contributed by atoms with Crippen molar-refractivity contribution in [2.24, 2.45) is 0 Å². The van der Waals surface area contributed by atoms with E-state index < -0.39 is 28.4 Å². The zero-order valence-electron chi connectivity index (χ0n) is 22.6. The molecule has 4 amide bonds. The second-order valence-electron chi connectivity index (χ2n) is 9.66. The summed E-state index contributed by atoms with van der Waals surface area (Å²) in [5, 5.41) is 21.5. The monoisotopic (exact) mass is 562 g/mol. The highest BCUT2D eigenvalue weighted by molar-refractivity contribution is 7.19. The zero-order valence-corrected chi connectivity index (χ0v) is 23.5. The third kappa shape index (κ3) is 10.7. The van der Waals surface area contributed by atoms with Gasteiger partial charge in [0, 0.05) is 25.6 Å². The fourth-order valence-electron chi connectivity index (χ4n) is 3.36. The van der Waals surface area contributed by atoms with Crippen molar-refractivity contribution in [2.75, 3.05) is 23.7 Å². The summed E-state index contributed by atoms with van der Waals surface area (Å²) < 4.78 is 5.17. The molecule has 0 aliphatic carbocycles. The molecule has 0 saturated heterocycles. The lowest BCUT2D eigenvalue weighted by Crippen LogP contribution is -2.33. The van der Waals surface area contributed by atoms with Crippen LogP contribution in [0.25, 0.3) is 0 Å². The van der Waals surface area contributed by atoms with Crippen LogP contribution in [0.2, 0.25) is 0 Å². The minimum absolute atomic E-state index is 0.0421. The summed E-state index contributed by atoms with van der Waals surface area (Å²) in [5.41, 5.74) is 0.0685. The van der Waals surface area contributed by atoms with Crippen LogP contribution in [0.4, 0.5) is 20.6 Å². The molecule has 0 aliphatic rings. The molecule has 0 saturated carbocycles. The number of rotatable bonds is 12. The number of hydrogen-bond donors (Lipinski definition) is 4. The Balaban J connectivity index is 1.87. The van der Waals surface area contributed by atoms with Crippen molar-refractivity contribution in [3.05, 3.63) is 45.1 Å². The van der Waals surface area contributed by atoms with Gasteiger partial charge in [0.1, 0.15) is 11.3 Å². The molecule has 2 aromatic rings. The molecular weight excluding hydrogens is 528 g/mol. The van der Waals surface area contributed by atoms with Gasteiger partial charge in [-0.2, -0.15) is 0 Å². The molecule has 0 radical (unpaired) electrons. The number of thiazole rings is 1. The number of benzene rings is 1. The van der Waals surface area contributed by atoms with Crippen LogP contribution in [0.5, 0.6) is 0 Å². The van der Waals surface area contributed by atoms with Gasteiger partial charge in [-0.25, -0.2) is 9.78 Å². The average Bonchev–Trinajstić information content (AvgIpc) is 3.19. The van der Waals surface area contributed by atoms with E-state index in [1.807, 2.05) is 0 Å². The summed E-state index contributed by atoms with van der Waals surface area (Å²) in [5.74, 6) is -1.45. The molecule has 13 nitrogen and oxygen atoms in total. The van der Waals surface area contributed by atoms with Crippen LogP contribution in [-0.4, -0.2) is 52.4 Å². The smallest absolute Gasteiger partial charge is 0.407 e. The lowest BCUT2D eigenvalue weighted by atomic mass is 10.1. The molecular formula is C25H34N6O7S. The number of anilines is 2. The first-order chi connectivity index (χ1) is 18.3. The summed E-state index contributed by atoms with van der Waals surface area (Å²) in [4.78, 5) is 63.2. The highest BCUT2D eigenvalue weighted by atomic mass is 32.1. The topological polar surface area (TPSA) is 182 Å². The van der Waals surface area contributed by atoms with Crippen LogP contribution in [-0.2, 0) is 9.53 Å². The second-order valence-corrected chi connectivity index (χ2v) is 10.6. The van der Waals surface area contributed by atoms with Gasteiger partial charge in [0.15, 0.2) is 5.13 Å². The molecule has 14 heteroatoms. The Kier molecular flexibility index (Phi) is 11.3. The van der Waals surface area contributed by atoms with E-state index in [0.717, 1.165) is 37.0 Å². The molecule has 0 fully saturated rings. The molecule has 0 spiro atoms. The van der Waals surface area contributed by atoms with Gasteiger partial charge in [-0.1, -0.05) is 12.8 Å². The molecule has 212 valence electrons. The summed E-state index contributed by atoms with van der Waals surface area (Å²) in [6.07, 6.45) is 2.78. The van der Waals surface area contributed by atoms with Crippen molar-refractivity contribution < 1.29 is 28.8 Å². The molecule has 4 N–H and O–H groups in total. The molecule has 2 rings (SSSR count). The summed E-state index contributed by atoms with van der Waals surface area (Å²) >= 11 is 0.721. The van der Waals surface area contributed by atoms with Gasteiger partial charge < -0.3 is 20.7 Å². The number of ether oxygens (including phenoxy) is 1. The SMILES string of the molecule is CC(=O)Nc1cc(C(=O)NCCCCCCNC(=O)OC(C)(C)C)ccc1C(=O)Nc1nc(C)c([N+](=O)[O-])s1. The van der Waals surface area contributed by atoms with Crippen LogP contribution in [0.15, 0.2) is 18.2 Å². The van der Waals surface area contributed by atoms with Crippen LogP contribution >= 0.6 is 11.3 Å². The molecule has 0 unspecified atom stereocenters. The number of aromatic nitrogens is 1. The maximum absolute atomic E-state index is 12.8. The van der Waals surface area contributed by atoms with Crippen LogP contribution in [0.1, 0.15) is 79.8 Å². The van der Waals surface area contributed by atoms with Crippen molar-refractivity contribution in [1.82, 2.24) is 15.6 Å². The number of amides is 4. The standard InChI is InChI=1S/C25H34N6O7S/c1-15-22(31(36)37)39-23(28-15)30-21(34)18-11-10-17(14-19(18)29-16(2)32)20(33)26-12-8-6-7-9-13-27-24(35)38-25(3,4)5/h10-11,14H,6-9,12-13H2,1-5H3,(H,26,33)(H,27,35)(H,29,32)(H,28,30,34). The number of hydrogen-bond acceptors (Lipinski definition) is 9. The van der Waals surface area contributed by atoms with Crippen LogP contribution in [0, 0.1) is 17.0 Å². The van der Waals surface area contributed by atoms with E-state index in [1.54, 1.807) is 20.8 Å². The Morgan fingerprint density at radius 3 is 2.21 bits per heavy atom. The van der Waals surface area contributed by atoms with Crippen LogP contribution in [0.3, 0.4) is 0 Å². The quantitative estimate of drug-likeness (QED) is 0.167. The van der Waals surface area contributed by atoms with Gasteiger partial charge in [-0.3, -0.25) is 29.8 Å². The Labute approximate surface area is 230 Å². The Hall–Kier alpha value is -4.07. The van der Waals surface area contributed by atoms with Crippen molar-refractivity contribution in [2.45, 2.75) is 65.9 Å². The van der Waals surface area contributed by atoms with E-state index in [-0.39, 0.29) is 38.5 Å². The number of carbonyl (C=O) groups excluding carboxylic acids is 4. The highest BCUT2D eigenvalue weighted by Crippen LogP contribution is 2.30. The summed E-state index contributed by atoms with van der Waals surface area (Å²) in [6.45, 7) is 9.07. The number of nitrogens with zero attached hydrogens (tertiary/aromatic N) is 2. The Morgan fingerprint density at radius 2 is 1.64 bits per heavy atom. The minimum atomic E-state index is -0.643. The first-order valence-corrected chi connectivity index (χ1v) is 13.2. The molecule has 1 heterocycles. The predicted molar refractivity (Wildman–Crippen MR) is 147 cm³/mol. The van der Waals surface area contributed by atoms with Gasteiger partial charge in [0.25, 0.3) is 11.8 Å². The highest BCUT2D eigenvalue weighted by Gasteiger charge is 2.21. The van der Waals surface area contributed by atoms with E-state index in [0.29, 0.717) is 13.1 Å². The van der Waals surface area contributed by atoms with Crippen molar-refractivity contribution in [3.63, 3.8) is 0 Å². The van der Waals surface area contributed by atoms with Gasteiger partial charge in [-0.05, 0) is 70.1 Å². The zero-order chi connectivity index (χ0) is 29.2. The number of nitro groups is 1. The maximum Gasteiger partial charge on any atom is 0.407 e. The van der Waals surface area contributed by atoms with Crippen LogP contribution < -0.4 is 21.3 Å². The molecule has 0 aliphatic heterocycles. The third-order valence-corrected chi connectivity index (χ3v) is 6.08. The Bertz CT molecular complexity index is 1220. The molecule has 0 bridgehead atoms. The van der Waals surface area contributed by atoms with Crippen molar-refractivity contribution >= 4 is 51.0 Å². The molecule has 1 aromatic heterocycles. The average molecular weight is 563 g/mol. The fraction of sp³-hybridized carbons (Fsp3) is 0.480. The number of alkyl carbamates (subject to hydrolysis) is 1. The lowest BCUT2D eigenvalue weighted by Gasteiger charge is -2.19. The summed E-state index contributed by atoms with van der Waals surface area (Å²) in [7, 11) is 0. The van der Waals surface area contributed by atoms with Gasteiger partial charge in [0.05, 0.1) is 16.2 Å². The fourth-order valence-corrected chi connectivity index (χ4v) is 4.14. The number of unbranched alkanes of at least 4 members (excludes halogenated alkanes) is 3.